The minimum atomic E-state index is -0.228. The second kappa shape index (κ2) is 9.78. The first kappa shape index (κ1) is 19.7. The van der Waals surface area contributed by atoms with E-state index in [0.717, 1.165) is 44.0 Å². The van der Waals surface area contributed by atoms with Gasteiger partial charge in [-0.3, -0.25) is 9.69 Å². The fraction of sp³-hybridized carbons (Fsp3) is 0.650. The van der Waals surface area contributed by atoms with Gasteiger partial charge in [-0.25, -0.2) is 0 Å². The van der Waals surface area contributed by atoms with E-state index in [0.29, 0.717) is 6.04 Å². The van der Waals surface area contributed by atoms with Crippen LogP contribution in [-0.4, -0.2) is 62.1 Å². The molecule has 2 atom stereocenters. The first-order chi connectivity index (χ1) is 12.0. The maximum absolute atomic E-state index is 12.8. The normalized spacial score (nSPS) is 19.4. The number of nitrogens with zero attached hydrogens (tertiary/aromatic N) is 2. The number of carbonyl (C=O) groups excluding carboxylic acids is 1. The maximum Gasteiger partial charge on any atom is 0.244 e. The highest BCUT2D eigenvalue weighted by Gasteiger charge is 2.31. The van der Waals surface area contributed by atoms with Gasteiger partial charge in [0.1, 0.15) is 11.8 Å². The molecule has 1 N–H and O–H groups in total. The zero-order valence-electron chi connectivity index (χ0n) is 16.1. The molecule has 5 heteroatoms. The summed E-state index contributed by atoms with van der Waals surface area (Å²) in [6.45, 7) is 7.77. The number of benzene rings is 1. The topological polar surface area (TPSA) is 44.8 Å². The molecule has 0 radical (unpaired) electrons. The summed E-state index contributed by atoms with van der Waals surface area (Å²) >= 11 is 0. The Morgan fingerprint density at radius 1 is 1.32 bits per heavy atom. The second-order valence-corrected chi connectivity index (χ2v) is 7.11. The van der Waals surface area contributed by atoms with Gasteiger partial charge in [0.15, 0.2) is 0 Å². The Bertz CT molecular complexity index is 530. The zero-order valence-corrected chi connectivity index (χ0v) is 16.1. The number of hydrogen-bond donors (Lipinski definition) is 1. The van der Waals surface area contributed by atoms with Crippen LogP contribution < -0.4 is 10.1 Å². The Morgan fingerprint density at radius 2 is 2.04 bits per heavy atom. The average Bonchev–Trinajstić information content (AvgIpc) is 2.60. The summed E-state index contributed by atoms with van der Waals surface area (Å²) in [5.41, 5.74) is 1.04. The molecule has 0 aromatic heterocycles. The van der Waals surface area contributed by atoms with E-state index in [1.807, 2.05) is 38.4 Å². The van der Waals surface area contributed by atoms with Gasteiger partial charge in [0, 0.05) is 39.8 Å². The molecule has 1 aromatic carbocycles. The molecule has 2 rings (SSSR count). The first-order valence-electron chi connectivity index (χ1n) is 9.44. The lowest BCUT2D eigenvalue weighted by atomic mass is 10.0. The number of hydrogen-bond acceptors (Lipinski definition) is 4. The van der Waals surface area contributed by atoms with Crippen molar-refractivity contribution in [3.63, 3.8) is 0 Å². The number of amides is 1. The fourth-order valence-electron chi connectivity index (χ4n) is 3.24. The highest BCUT2D eigenvalue weighted by atomic mass is 16.5. The van der Waals surface area contributed by atoms with Crippen LogP contribution in [0.2, 0.25) is 0 Å². The predicted octanol–water partition coefficient (Wildman–Crippen LogP) is 2.68. The fourth-order valence-corrected chi connectivity index (χ4v) is 3.24. The van der Waals surface area contributed by atoms with Crippen molar-refractivity contribution in [1.29, 1.82) is 0 Å². The van der Waals surface area contributed by atoms with Crippen LogP contribution in [0.25, 0.3) is 0 Å². The van der Waals surface area contributed by atoms with Crippen molar-refractivity contribution in [2.75, 3.05) is 40.3 Å². The summed E-state index contributed by atoms with van der Waals surface area (Å²) in [5, 5.41) is 3.44. The number of carbonyl (C=O) groups is 1. The summed E-state index contributed by atoms with van der Waals surface area (Å²) in [4.78, 5) is 16.8. The Hall–Kier alpha value is -1.59. The van der Waals surface area contributed by atoms with Crippen molar-refractivity contribution in [3.8, 4) is 5.75 Å². The number of likely N-dealkylation sites (N-methyl/N-ethyl adjacent to an activating group) is 1. The Balaban J connectivity index is 2.09. The van der Waals surface area contributed by atoms with Crippen LogP contribution in [0.5, 0.6) is 5.75 Å². The molecule has 1 fully saturated rings. The van der Waals surface area contributed by atoms with Gasteiger partial charge in [-0.1, -0.05) is 31.9 Å². The van der Waals surface area contributed by atoms with E-state index >= 15 is 0 Å². The number of nitrogens with one attached hydrogen (secondary N) is 1. The van der Waals surface area contributed by atoms with Crippen molar-refractivity contribution in [2.45, 2.75) is 45.2 Å². The quantitative estimate of drug-likeness (QED) is 0.735. The van der Waals surface area contributed by atoms with Gasteiger partial charge in [0.2, 0.25) is 5.91 Å². The maximum atomic E-state index is 12.8. The third kappa shape index (κ3) is 5.72. The number of unbranched alkanes of at least 4 members (excludes halogenated alkanes) is 2. The van der Waals surface area contributed by atoms with E-state index in [-0.39, 0.29) is 11.9 Å². The molecule has 0 saturated carbocycles. The Morgan fingerprint density at radius 3 is 2.64 bits per heavy atom. The molecule has 140 valence electrons. The number of ether oxygens (including phenoxy) is 1. The molecule has 25 heavy (non-hydrogen) atoms. The lowest BCUT2D eigenvalue weighted by Gasteiger charge is -2.38. The van der Waals surface area contributed by atoms with E-state index < -0.39 is 0 Å². The molecular weight excluding hydrogens is 314 g/mol. The van der Waals surface area contributed by atoms with Gasteiger partial charge in [0.05, 0.1) is 6.61 Å². The average molecular weight is 348 g/mol. The molecule has 1 saturated heterocycles. The van der Waals surface area contributed by atoms with Crippen LogP contribution in [-0.2, 0) is 4.79 Å². The van der Waals surface area contributed by atoms with Crippen molar-refractivity contribution in [2.24, 2.45) is 0 Å². The van der Waals surface area contributed by atoms with Gasteiger partial charge in [0.25, 0.3) is 0 Å². The highest BCUT2D eigenvalue weighted by Crippen LogP contribution is 2.26. The van der Waals surface area contributed by atoms with E-state index in [1.54, 1.807) is 4.90 Å². The van der Waals surface area contributed by atoms with Crippen molar-refractivity contribution < 1.29 is 9.53 Å². The third-order valence-corrected chi connectivity index (χ3v) is 4.65. The van der Waals surface area contributed by atoms with Crippen LogP contribution in [0, 0.1) is 0 Å². The van der Waals surface area contributed by atoms with Gasteiger partial charge in [-0.05, 0) is 31.0 Å². The predicted molar refractivity (Wildman–Crippen MR) is 102 cm³/mol. The molecule has 0 aliphatic carbocycles. The smallest absolute Gasteiger partial charge is 0.244 e. The minimum absolute atomic E-state index is 0.130. The van der Waals surface area contributed by atoms with E-state index in [1.165, 1.54) is 12.8 Å². The monoisotopic (exact) mass is 347 g/mol. The molecule has 0 spiro atoms. The SMILES string of the molecule is CCCCCOc1ccc(C(C(=O)N(C)C)N2CCNC(C)C2)cc1. The van der Waals surface area contributed by atoms with E-state index in [4.69, 9.17) is 4.74 Å². The van der Waals surface area contributed by atoms with E-state index in [9.17, 15) is 4.79 Å². The molecule has 1 aliphatic rings. The number of piperazine rings is 1. The molecule has 1 aromatic rings. The Kier molecular flexibility index (Phi) is 7.72. The largest absolute Gasteiger partial charge is 0.494 e. The van der Waals surface area contributed by atoms with Crippen molar-refractivity contribution in [3.05, 3.63) is 29.8 Å². The van der Waals surface area contributed by atoms with E-state index in [2.05, 4.69) is 24.1 Å². The molecule has 2 unspecified atom stereocenters. The zero-order chi connectivity index (χ0) is 18.2. The van der Waals surface area contributed by atoms with Crippen LogP contribution in [0.15, 0.2) is 24.3 Å². The van der Waals surface area contributed by atoms with Crippen LogP contribution in [0.1, 0.15) is 44.7 Å². The standard InChI is InChI=1S/C20H33N3O2/c1-5-6-7-14-25-18-10-8-17(9-11-18)19(20(24)22(3)4)23-13-12-21-16(2)15-23/h8-11,16,19,21H,5-7,12-15H2,1-4H3. The molecule has 1 aliphatic heterocycles. The molecule has 0 bridgehead atoms. The third-order valence-electron chi connectivity index (χ3n) is 4.65. The summed E-state index contributed by atoms with van der Waals surface area (Å²) in [7, 11) is 3.65. The lowest BCUT2D eigenvalue weighted by molar-refractivity contribution is -0.135. The first-order valence-corrected chi connectivity index (χ1v) is 9.44. The van der Waals surface area contributed by atoms with Crippen molar-refractivity contribution >= 4 is 5.91 Å². The summed E-state index contributed by atoms with van der Waals surface area (Å²) in [6, 6.07) is 8.22. The van der Waals surface area contributed by atoms with Gasteiger partial charge in [-0.2, -0.15) is 0 Å². The minimum Gasteiger partial charge on any atom is -0.494 e. The molecule has 5 nitrogen and oxygen atoms in total. The van der Waals surface area contributed by atoms with Gasteiger partial charge in [-0.15, -0.1) is 0 Å². The van der Waals surface area contributed by atoms with Crippen molar-refractivity contribution in [1.82, 2.24) is 15.1 Å². The Labute approximate surface area is 152 Å². The summed E-state index contributed by atoms with van der Waals surface area (Å²) in [6.07, 6.45) is 3.47. The molecule has 1 amide bonds. The highest BCUT2D eigenvalue weighted by molar-refractivity contribution is 5.83. The number of rotatable bonds is 8. The van der Waals surface area contributed by atoms with Crippen LogP contribution in [0.4, 0.5) is 0 Å². The molecule has 1 heterocycles. The molecular formula is C20H33N3O2. The van der Waals surface area contributed by atoms with Gasteiger partial charge < -0.3 is 15.0 Å². The van der Waals surface area contributed by atoms with Crippen LogP contribution in [0.3, 0.4) is 0 Å². The summed E-state index contributed by atoms with van der Waals surface area (Å²) in [5.74, 6) is 1.01. The second-order valence-electron chi connectivity index (χ2n) is 7.11. The van der Waals surface area contributed by atoms with Crippen LogP contribution >= 0.6 is 0 Å². The summed E-state index contributed by atoms with van der Waals surface area (Å²) < 4.78 is 5.79. The van der Waals surface area contributed by atoms with Gasteiger partial charge >= 0.3 is 0 Å². The lowest BCUT2D eigenvalue weighted by Crippen LogP contribution is -2.53.